The first-order valence-electron chi connectivity index (χ1n) is 8.18. The molecule has 1 atom stereocenters. The molecule has 3 nitrogen and oxygen atoms in total. The Morgan fingerprint density at radius 1 is 1.00 bits per heavy atom. The van der Waals surface area contributed by atoms with Crippen LogP contribution in [0.25, 0.3) is 0 Å². The van der Waals surface area contributed by atoms with Crippen molar-refractivity contribution in [3.63, 3.8) is 0 Å². The molecule has 0 aliphatic heterocycles. The lowest BCUT2D eigenvalue weighted by molar-refractivity contribution is 0.443. The Hall–Kier alpha value is -0.870. The largest absolute Gasteiger partial charge is 0.240 e. The van der Waals surface area contributed by atoms with Gasteiger partial charge in [0.05, 0.1) is 4.90 Å². The van der Waals surface area contributed by atoms with Crippen LogP contribution in [-0.2, 0) is 10.0 Å². The van der Waals surface area contributed by atoms with Crippen LogP contribution in [0.15, 0.2) is 29.2 Å². The number of sulfonamides is 1. The lowest BCUT2D eigenvalue weighted by atomic mass is 9.84. The van der Waals surface area contributed by atoms with Crippen molar-refractivity contribution in [2.45, 2.75) is 68.7 Å². The van der Waals surface area contributed by atoms with Gasteiger partial charge in [-0.1, -0.05) is 31.4 Å². The third kappa shape index (κ3) is 3.67. The van der Waals surface area contributed by atoms with Gasteiger partial charge in [-0.2, -0.15) is 0 Å². The lowest BCUT2D eigenvalue weighted by Crippen LogP contribution is -2.34. The van der Waals surface area contributed by atoms with Crippen molar-refractivity contribution >= 4 is 10.0 Å². The molecule has 0 heterocycles. The first kappa shape index (κ1) is 15.0. The predicted octanol–water partition coefficient (Wildman–Crippen LogP) is 3.81. The first-order chi connectivity index (χ1) is 10.1. The molecular formula is C17H25NO2S. The van der Waals surface area contributed by atoms with Gasteiger partial charge in [-0.3, -0.25) is 0 Å². The highest BCUT2D eigenvalue weighted by Crippen LogP contribution is 2.34. The van der Waals surface area contributed by atoms with E-state index in [9.17, 15) is 8.42 Å². The zero-order valence-corrected chi connectivity index (χ0v) is 13.5. The topological polar surface area (TPSA) is 46.2 Å². The van der Waals surface area contributed by atoms with Gasteiger partial charge in [0.15, 0.2) is 0 Å². The van der Waals surface area contributed by atoms with Gasteiger partial charge in [-0.15, -0.1) is 0 Å². The maximum Gasteiger partial charge on any atom is 0.240 e. The second kappa shape index (κ2) is 6.09. The minimum absolute atomic E-state index is 0.0491. The Labute approximate surface area is 128 Å². The molecule has 0 radical (unpaired) electrons. The molecule has 2 aliphatic rings. The highest BCUT2D eigenvalue weighted by Gasteiger charge is 2.31. The van der Waals surface area contributed by atoms with Crippen LogP contribution < -0.4 is 4.72 Å². The van der Waals surface area contributed by atoms with Crippen molar-refractivity contribution in [1.82, 2.24) is 4.72 Å². The average molecular weight is 307 g/mol. The maximum atomic E-state index is 12.4. The van der Waals surface area contributed by atoms with Crippen molar-refractivity contribution in [3.8, 4) is 0 Å². The molecule has 0 saturated heterocycles. The molecule has 1 aromatic carbocycles. The smallest absolute Gasteiger partial charge is 0.208 e. The van der Waals surface area contributed by atoms with E-state index in [0.717, 1.165) is 12.8 Å². The van der Waals surface area contributed by atoms with Crippen LogP contribution in [0.5, 0.6) is 0 Å². The van der Waals surface area contributed by atoms with E-state index in [4.69, 9.17) is 0 Å². The van der Waals surface area contributed by atoms with E-state index in [2.05, 4.69) is 4.72 Å². The third-order valence-corrected chi connectivity index (χ3v) is 6.51. The van der Waals surface area contributed by atoms with Gasteiger partial charge in [0.1, 0.15) is 0 Å². The standard InChI is InChI=1S/C17H25NO2S/c1-13(14-7-8-14)18-21(19,20)17-11-9-16(10-12-17)15-5-3-2-4-6-15/h9-15,18H,2-8H2,1H3. The van der Waals surface area contributed by atoms with Gasteiger partial charge in [0, 0.05) is 6.04 Å². The van der Waals surface area contributed by atoms with Crippen LogP contribution in [-0.4, -0.2) is 14.5 Å². The molecule has 0 amide bonds. The summed E-state index contributed by atoms with van der Waals surface area (Å²) in [5.74, 6) is 1.15. The molecule has 0 spiro atoms. The monoisotopic (exact) mass is 307 g/mol. The molecule has 2 fully saturated rings. The molecular weight excluding hydrogens is 282 g/mol. The molecule has 21 heavy (non-hydrogen) atoms. The van der Waals surface area contributed by atoms with Gasteiger partial charge in [-0.25, -0.2) is 13.1 Å². The van der Waals surface area contributed by atoms with E-state index in [-0.39, 0.29) is 6.04 Å². The Bertz CT molecular complexity index is 569. The molecule has 1 unspecified atom stereocenters. The highest BCUT2D eigenvalue weighted by molar-refractivity contribution is 7.89. The number of hydrogen-bond acceptors (Lipinski definition) is 2. The van der Waals surface area contributed by atoms with Gasteiger partial charge in [0.25, 0.3) is 0 Å². The van der Waals surface area contributed by atoms with Crippen molar-refractivity contribution in [3.05, 3.63) is 29.8 Å². The van der Waals surface area contributed by atoms with Crippen LogP contribution in [0.3, 0.4) is 0 Å². The molecule has 0 aromatic heterocycles. The molecule has 116 valence electrons. The minimum atomic E-state index is -3.36. The van der Waals surface area contributed by atoms with Crippen LogP contribution in [0.1, 0.15) is 63.4 Å². The zero-order chi connectivity index (χ0) is 14.9. The first-order valence-corrected chi connectivity index (χ1v) is 9.67. The second-order valence-corrected chi connectivity index (χ2v) is 8.37. The summed E-state index contributed by atoms with van der Waals surface area (Å²) in [6, 6.07) is 7.60. The zero-order valence-electron chi connectivity index (χ0n) is 12.7. The summed E-state index contributed by atoms with van der Waals surface area (Å²) in [4.78, 5) is 0.398. The minimum Gasteiger partial charge on any atom is -0.208 e. The Morgan fingerprint density at radius 2 is 1.62 bits per heavy atom. The number of rotatable bonds is 5. The summed E-state index contributed by atoms with van der Waals surface area (Å²) in [6.45, 7) is 1.96. The van der Waals surface area contributed by atoms with Gasteiger partial charge in [-0.05, 0) is 62.1 Å². The van der Waals surface area contributed by atoms with Crippen LogP contribution in [0.2, 0.25) is 0 Å². The quantitative estimate of drug-likeness (QED) is 0.899. The van der Waals surface area contributed by atoms with E-state index in [1.165, 1.54) is 37.7 Å². The van der Waals surface area contributed by atoms with E-state index in [0.29, 0.717) is 16.7 Å². The van der Waals surface area contributed by atoms with E-state index >= 15 is 0 Å². The summed E-state index contributed by atoms with van der Waals surface area (Å²) in [7, 11) is -3.36. The maximum absolute atomic E-state index is 12.4. The highest BCUT2D eigenvalue weighted by atomic mass is 32.2. The second-order valence-electron chi connectivity index (χ2n) is 6.65. The van der Waals surface area contributed by atoms with Crippen LogP contribution >= 0.6 is 0 Å². The van der Waals surface area contributed by atoms with E-state index in [1.54, 1.807) is 12.1 Å². The van der Waals surface area contributed by atoms with Crippen LogP contribution in [0, 0.1) is 5.92 Å². The molecule has 0 bridgehead atoms. The Kier molecular flexibility index (Phi) is 4.36. The predicted molar refractivity (Wildman–Crippen MR) is 84.8 cm³/mol. The fraction of sp³-hybridized carbons (Fsp3) is 0.647. The average Bonchev–Trinajstić information content (AvgIpc) is 3.33. The fourth-order valence-corrected chi connectivity index (χ4v) is 4.67. The summed E-state index contributed by atoms with van der Waals surface area (Å²) in [5.41, 5.74) is 1.30. The van der Waals surface area contributed by atoms with Gasteiger partial charge in [0.2, 0.25) is 10.0 Å². The SMILES string of the molecule is CC(NS(=O)(=O)c1ccc(C2CCCCC2)cc1)C1CC1. The van der Waals surface area contributed by atoms with E-state index < -0.39 is 10.0 Å². The summed E-state index contributed by atoms with van der Waals surface area (Å²) < 4.78 is 27.5. The number of hydrogen-bond donors (Lipinski definition) is 1. The van der Waals surface area contributed by atoms with Crippen molar-refractivity contribution in [1.29, 1.82) is 0 Å². The summed E-state index contributed by atoms with van der Waals surface area (Å²) in [5, 5.41) is 0. The molecule has 2 saturated carbocycles. The van der Waals surface area contributed by atoms with Crippen molar-refractivity contribution in [2.75, 3.05) is 0 Å². The van der Waals surface area contributed by atoms with Crippen LogP contribution in [0.4, 0.5) is 0 Å². The molecule has 1 N–H and O–H groups in total. The van der Waals surface area contributed by atoms with E-state index in [1.807, 2.05) is 19.1 Å². The lowest BCUT2D eigenvalue weighted by Gasteiger charge is -2.22. The number of benzene rings is 1. The number of nitrogens with one attached hydrogen (secondary N) is 1. The summed E-state index contributed by atoms with van der Waals surface area (Å²) >= 11 is 0. The fourth-order valence-electron chi connectivity index (χ4n) is 3.36. The van der Waals surface area contributed by atoms with Gasteiger partial charge >= 0.3 is 0 Å². The summed E-state index contributed by atoms with van der Waals surface area (Å²) in [6.07, 6.45) is 8.70. The molecule has 2 aliphatic carbocycles. The van der Waals surface area contributed by atoms with Gasteiger partial charge < -0.3 is 0 Å². The molecule has 3 rings (SSSR count). The van der Waals surface area contributed by atoms with Crippen molar-refractivity contribution < 1.29 is 8.42 Å². The van der Waals surface area contributed by atoms with Crippen molar-refractivity contribution in [2.24, 2.45) is 5.92 Å². The normalized spacial score (nSPS) is 22.1. The molecule has 4 heteroatoms. The Balaban J connectivity index is 1.70. The Morgan fingerprint density at radius 3 is 2.19 bits per heavy atom. The molecule has 1 aromatic rings. The third-order valence-electron chi connectivity index (χ3n) is 4.94.